The van der Waals surface area contributed by atoms with Gasteiger partial charge in [-0.15, -0.1) is 0 Å². The number of likely N-dealkylation sites (tertiary alicyclic amines) is 2. The molecule has 49 heavy (non-hydrogen) atoms. The van der Waals surface area contributed by atoms with Gasteiger partial charge in [-0.3, -0.25) is 39.6 Å². The Labute approximate surface area is 281 Å². The molecule has 2 fully saturated rings. The van der Waals surface area contributed by atoms with Crippen molar-refractivity contribution in [3.63, 3.8) is 0 Å². The molecule has 4 rings (SSSR count). The molecule has 2 heterocycles. The van der Waals surface area contributed by atoms with Gasteiger partial charge < -0.3 is 38.6 Å². The molecule has 2 N–H and O–H groups in total. The van der Waals surface area contributed by atoms with Gasteiger partial charge in [0.25, 0.3) is 11.4 Å². The van der Waals surface area contributed by atoms with Gasteiger partial charge in [0.1, 0.15) is 6.04 Å². The van der Waals surface area contributed by atoms with Gasteiger partial charge in [-0.25, -0.2) is 0 Å². The Bertz CT molecular complexity index is 1540. The van der Waals surface area contributed by atoms with E-state index in [0.29, 0.717) is 5.56 Å². The highest BCUT2D eigenvalue weighted by Crippen LogP contribution is 2.38. The van der Waals surface area contributed by atoms with Crippen LogP contribution >= 0.6 is 0 Å². The lowest BCUT2D eigenvalue weighted by Gasteiger charge is -2.22. The molecule has 0 spiro atoms. The van der Waals surface area contributed by atoms with E-state index in [0.717, 1.165) is 0 Å². The summed E-state index contributed by atoms with van der Waals surface area (Å²) in [6, 6.07) is 4.65. The summed E-state index contributed by atoms with van der Waals surface area (Å²) in [6.07, 6.45) is -1.34. The smallest absolute Gasteiger partial charge is 0.323 e. The Morgan fingerprint density at radius 2 is 1.31 bits per heavy atom. The summed E-state index contributed by atoms with van der Waals surface area (Å²) < 4.78 is 32.0. The van der Waals surface area contributed by atoms with Crippen molar-refractivity contribution in [1.29, 1.82) is 0 Å². The van der Waals surface area contributed by atoms with Crippen molar-refractivity contribution < 1.29 is 58.1 Å². The highest BCUT2D eigenvalue weighted by Gasteiger charge is 2.39. The molecule has 2 aliphatic heterocycles. The highest BCUT2D eigenvalue weighted by atomic mass is 16.6. The van der Waals surface area contributed by atoms with Gasteiger partial charge in [0.2, 0.25) is 0 Å². The second kappa shape index (κ2) is 16.6. The van der Waals surface area contributed by atoms with Gasteiger partial charge in [-0.05, 0) is 12.1 Å². The molecule has 18 nitrogen and oxygen atoms in total. The second-order valence-corrected chi connectivity index (χ2v) is 11.6. The van der Waals surface area contributed by atoms with E-state index in [1.807, 2.05) is 0 Å². The summed E-state index contributed by atoms with van der Waals surface area (Å²) in [5.41, 5.74) is 0.0518. The van der Waals surface area contributed by atoms with Crippen LogP contribution in [0.5, 0.6) is 23.0 Å². The van der Waals surface area contributed by atoms with Crippen LogP contribution in [0.25, 0.3) is 0 Å². The number of aliphatic hydroxyl groups is 2. The lowest BCUT2D eigenvalue weighted by Crippen LogP contribution is -2.36. The number of carbonyl (C=O) groups excluding carboxylic acids is 2. The van der Waals surface area contributed by atoms with Gasteiger partial charge in [0, 0.05) is 56.7 Å². The Kier molecular flexibility index (Phi) is 12.5. The number of rotatable bonds is 16. The van der Waals surface area contributed by atoms with Gasteiger partial charge in [0.05, 0.1) is 81.8 Å². The zero-order valence-corrected chi connectivity index (χ0v) is 27.6. The van der Waals surface area contributed by atoms with Crippen molar-refractivity contribution >= 4 is 23.3 Å². The summed E-state index contributed by atoms with van der Waals surface area (Å²) in [6.45, 7) is 0.571. The Morgan fingerprint density at radius 1 is 0.776 bits per heavy atom. The first-order valence-corrected chi connectivity index (χ1v) is 15.3. The Morgan fingerprint density at radius 3 is 1.80 bits per heavy atom. The quantitative estimate of drug-likeness (QED) is 0.110. The zero-order valence-electron chi connectivity index (χ0n) is 27.6. The highest BCUT2D eigenvalue weighted by molar-refractivity contribution is 5.76. The SMILES string of the molecule is COC(=O)[C@H]1CN(Cc2cc(OC)c(OCCCOc3cc([N+](=O)[O-])c(CN4C[C@H](O)C[C@H]4C(=O)OC)cc3OC)cc2[N+](=O)[O-])C[C@@H]1O. The van der Waals surface area contributed by atoms with E-state index in [1.165, 1.54) is 52.7 Å². The molecule has 0 aromatic heterocycles. The third-order valence-corrected chi connectivity index (χ3v) is 8.42. The van der Waals surface area contributed by atoms with Crippen molar-refractivity contribution in [2.45, 2.75) is 44.2 Å². The van der Waals surface area contributed by atoms with Crippen LogP contribution in [0.1, 0.15) is 24.0 Å². The lowest BCUT2D eigenvalue weighted by molar-refractivity contribution is -0.386. The van der Waals surface area contributed by atoms with E-state index < -0.39 is 46.0 Å². The Hall–Kier alpha value is -4.78. The summed E-state index contributed by atoms with van der Waals surface area (Å²) in [5, 5.41) is 44.3. The van der Waals surface area contributed by atoms with Crippen LogP contribution < -0.4 is 18.9 Å². The molecule has 2 aromatic rings. The van der Waals surface area contributed by atoms with E-state index in [4.69, 9.17) is 28.4 Å². The first kappa shape index (κ1) is 37.0. The maximum absolute atomic E-state index is 12.2. The van der Waals surface area contributed by atoms with Crippen molar-refractivity contribution in [3.8, 4) is 23.0 Å². The van der Waals surface area contributed by atoms with Gasteiger partial charge in [0.15, 0.2) is 23.0 Å². The molecule has 0 bridgehead atoms. The molecule has 0 unspecified atom stereocenters. The topological polar surface area (TPSA) is 223 Å². The number of hydrogen-bond donors (Lipinski definition) is 2. The van der Waals surface area contributed by atoms with Crippen molar-refractivity contribution in [2.24, 2.45) is 5.92 Å². The third-order valence-electron chi connectivity index (χ3n) is 8.42. The van der Waals surface area contributed by atoms with Crippen LogP contribution in [0.4, 0.5) is 11.4 Å². The van der Waals surface area contributed by atoms with E-state index >= 15 is 0 Å². The first-order valence-electron chi connectivity index (χ1n) is 15.3. The van der Waals surface area contributed by atoms with Crippen LogP contribution in [0.15, 0.2) is 24.3 Å². The maximum atomic E-state index is 12.2. The molecular weight excluding hydrogens is 652 g/mol. The molecule has 2 aromatic carbocycles. The van der Waals surface area contributed by atoms with Gasteiger partial charge in [-0.2, -0.15) is 0 Å². The number of ether oxygens (including phenoxy) is 6. The van der Waals surface area contributed by atoms with E-state index in [2.05, 4.69) is 0 Å². The minimum atomic E-state index is -0.965. The number of nitro benzene ring substituents is 2. The number of nitro groups is 2. The Balaban J connectivity index is 1.40. The van der Waals surface area contributed by atoms with E-state index in [1.54, 1.807) is 9.80 Å². The summed E-state index contributed by atoms with van der Waals surface area (Å²) in [7, 11) is 5.23. The van der Waals surface area contributed by atoms with Crippen LogP contribution in [0, 0.1) is 26.1 Å². The number of methoxy groups -OCH3 is 4. The summed E-state index contributed by atoms with van der Waals surface area (Å²) in [4.78, 5) is 50.3. The number of esters is 2. The predicted molar refractivity (Wildman–Crippen MR) is 169 cm³/mol. The molecule has 0 saturated carbocycles. The molecule has 2 saturated heterocycles. The molecule has 268 valence electrons. The molecule has 0 radical (unpaired) electrons. The van der Waals surface area contributed by atoms with E-state index in [-0.39, 0.29) is 98.7 Å². The monoisotopic (exact) mass is 692 g/mol. The zero-order chi connectivity index (χ0) is 35.8. The minimum Gasteiger partial charge on any atom is -0.493 e. The number of carbonyl (C=O) groups is 2. The first-order chi connectivity index (χ1) is 23.4. The number of β-amino-alcohol motifs (C(OH)–C–C–N with tert-alkyl or cyclic N) is 2. The lowest BCUT2D eigenvalue weighted by atomic mass is 10.1. The fourth-order valence-corrected chi connectivity index (χ4v) is 6.02. The van der Waals surface area contributed by atoms with Crippen molar-refractivity contribution in [2.75, 3.05) is 61.3 Å². The normalized spacial score (nSPS) is 20.9. The van der Waals surface area contributed by atoms with Gasteiger partial charge in [-0.1, -0.05) is 0 Å². The standard InChI is InChI=1S/C31H40N4O14/c1-44-26-8-18(13-32-16-21(25(37)17-32)30(38)46-3)22(34(40)41)11-28(26)48-6-5-7-49-29-12-23(35(42)43)19(9-27(29)45-2)14-33-15-20(36)10-24(33)31(39)47-4/h8-9,11-12,20-21,24-25,36-37H,5-7,10,13-17H2,1-4H3/t20-,21+,24+,25+/m1/s1. The molecule has 4 atom stereocenters. The van der Waals surface area contributed by atoms with Crippen LogP contribution in [0.3, 0.4) is 0 Å². The molecule has 0 aliphatic carbocycles. The van der Waals surface area contributed by atoms with Crippen LogP contribution in [-0.2, 0) is 32.2 Å². The number of nitrogens with zero attached hydrogens (tertiary/aromatic N) is 4. The van der Waals surface area contributed by atoms with Crippen LogP contribution in [-0.4, -0.2) is 121 Å². The predicted octanol–water partition coefficient (Wildman–Crippen LogP) is 1.44. The molecular formula is C31H40N4O14. The summed E-state index contributed by atoms with van der Waals surface area (Å²) >= 11 is 0. The third kappa shape index (κ3) is 8.83. The summed E-state index contributed by atoms with van der Waals surface area (Å²) in [5.74, 6) is -1.20. The average molecular weight is 693 g/mol. The fraction of sp³-hybridized carbons (Fsp3) is 0.548. The van der Waals surface area contributed by atoms with Crippen LogP contribution in [0.2, 0.25) is 0 Å². The van der Waals surface area contributed by atoms with Crippen molar-refractivity contribution in [1.82, 2.24) is 9.80 Å². The minimum absolute atomic E-state index is 0.0155. The molecule has 18 heteroatoms. The molecule has 2 aliphatic rings. The van der Waals surface area contributed by atoms with Gasteiger partial charge >= 0.3 is 11.9 Å². The number of benzene rings is 2. The van der Waals surface area contributed by atoms with E-state index in [9.17, 15) is 40.0 Å². The number of hydrogen-bond acceptors (Lipinski definition) is 16. The average Bonchev–Trinajstić information content (AvgIpc) is 3.64. The maximum Gasteiger partial charge on any atom is 0.323 e. The number of aliphatic hydroxyl groups excluding tert-OH is 2. The fourth-order valence-electron chi connectivity index (χ4n) is 6.02. The second-order valence-electron chi connectivity index (χ2n) is 11.6. The molecule has 0 amide bonds. The van der Waals surface area contributed by atoms with Crippen molar-refractivity contribution in [3.05, 3.63) is 55.6 Å². The largest absolute Gasteiger partial charge is 0.493 e.